The Bertz CT molecular complexity index is 968. The topological polar surface area (TPSA) is 49.4 Å². The largest absolute Gasteiger partial charge is 0.416 e. The first-order valence-corrected chi connectivity index (χ1v) is 10.8. The van der Waals surface area contributed by atoms with Crippen LogP contribution in [0.2, 0.25) is 0 Å². The molecule has 1 saturated heterocycles. The second-order valence-electron chi connectivity index (χ2n) is 9.14. The first-order valence-electron chi connectivity index (χ1n) is 10.8. The smallest absolute Gasteiger partial charge is 0.355 e. The normalized spacial score (nSPS) is 17.2. The lowest BCUT2D eigenvalue weighted by molar-refractivity contribution is -0.137. The van der Waals surface area contributed by atoms with Gasteiger partial charge in [-0.1, -0.05) is 49.7 Å². The third-order valence-electron chi connectivity index (χ3n) is 6.05. The van der Waals surface area contributed by atoms with Crippen LogP contribution in [0.15, 0.2) is 48.5 Å². The number of nitrogens with one attached hydrogen (secondary N) is 1. The Balaban J connectivity index is 1.61. The summed E-state index contributed by atoms with van der Waals surface area (Å²) in [5.41, 5.74) is 0.797. The molecule has 1 N–H and O–H groups in total. The van der Waals surface area contributed by atoms with Gasteiger partial charge < -0.3 is 10.2 Å². The number of hydrogen-bond acceptors (Lipinski definition) is 2. The van der Waals surface area contributed by atoms with E-state index in [0.717, 1.165) is 24.1 Å². The molecule has 1 fully saturated rings. The van der Waals surface area contributed by atoms with Crippen molar-refractivity contribution < 1.29 is 22.8 Å². The molecule has 172 valence electrons. The summed E-state index contributed by atoms with van der Waals surface area (Å²) in [4.78, 5) is 27.3. The number of amides is 2. The second-order valence-corrected chi connectivity index (χ2v) is 9.14. The van der Waals surface area contributed by atoms with Crippen LogP contribution in [0.1, 0.15) is 53.7 Å². The lowest BCUT2D eigenvalue weighted by atomic mass is 9.83. The van der Waals surface area contributed by atoms with Crippen LogP contribution >= 0.6 is 0 Å². The highest BCUT2D eigenvalue weighted by Gasteiger charge is 2.33. The Kier molecular flexibility index (Phi) is 6.96. The van der Waals surface area contributed by atoms with E-state index in [9.17, 15) is 22.8 Å². The number of likely N-dealkylation sites (tertiary alicyclic amines) is 1. The molecule has 2 amide bonds. The number of carbonyl (C=O) groups excluding carboxylic acids is 2. The highest BCUT2D eigenvalue weighted by atomic mass is 19.4. The molecule has 0 bridgehead atoms. The Labute approximate surface area is 186 Å². The maximum atomic E-state index is 13.1. The molecule has 3 rings (SSSR count). The highest BCUT2D eigenvalue weighted by Crippen LogP contribution is 2.32. The summed E-state index contributed by atoms with van der Waals surface area (Å²) < 4.78 is 39.2. The van der Waals surface area contributed by atoms with Crippen LogP contribution in [0.5, 0.6) is 0 Å². The second kappa shape index (κ2) is 9.35. The molecule has 2 aromatic rings. The summed E-state index contributed by atoms with van der Waals surface area (Å²) in [5.74, 6) is -0.603. The minimum Gasteiger partial charge on any atom is -0.355 e. The number of halogens is 3. The number of benzene rings is 2. The maximum Gasteiger partial charge on any atom is 0.416 e. The molecule has 1 aliphatic rings. The molecule has 2 aromatic carbocycles. The van der Waals surface area contributed by atoms with Gasteiger partial charge in [0.05, 0.1) is 11.5 Å². The van der Waals surface area contributed by atoms with Crippen LogP contribution in [0, 0.1) is 12.8 Å². The standard InChI is InChI=1S/C25H29F3N2O2/c1-17-9-11-18(12-10-17)23(32)30-13-5-6-19(15-30)22(31)29-16-24(2,3)20-7-4-8-21(14-20)25(26,27)28/h4,7-12,14,19H,5-6,13,15-16H2,1-3H3,(H,29,31). The van der Waals surface area contributed by atoms with Crippen molar-refractivity contribution in [2.75, 3.05) is 19.6 Å². The molecule has 0 radical (unpaired) electrons. The fourth-order valence-electron chi connectivity index (χ4n) is 3.93. The number of carbonyl (C=O) groups is 2. The van der Waals surface area contributed by atoms with Gasteiger partial charge in [-0.25, -0.2) is 0 Å². The Morgan fingerprint density at radius 3 is 2.38 bits per heavy atom. The lowest BCUT2D eigenvalue weighted by Gasteiger charge is -2.33. The minimum absolute atomic E-state index is 0.0909. The first kappa shape index (κ1) is 23.8. The fourth-order valence-corrected chi connectivity index (χ4v) is 3.93. The fraction of sp³-hybridized carbons (Fsp3) is 0.440. The monoisotopic (exact) mass is 446 g/mol. The van der Waals surface area contributed by atoms with E-state index in [-0.39, 0.29) is 24.3 Å². The molecule has 1 aliphatic heterocycles. The van der Waals surface area contributed by atoms with Crippen molar-refractivity contribution in [1.82, 2.24) is 10.2 Å². The van der Waals surface area contributed by atoms with Gasteiger partial charge in [0.15, 0.2) is 0 Å². The van der Waals surface area contributed by atoms with Gasteiger partial charge in [0.25, 0.3) is 5.91 Å². The summed E-state index contributed by atoms with van der Waals surface area (Å²) in [6.45, 7) is 6.70. The van der Waals surface area contributed by atoms with E-state index in [1.807, 2.05) is 19.1 Å². The van der Waals surface area contributed by atoms with E-state index in [4.69, 9.17) is 0 Å². The zero-order valence-corrected chi connectivity index (χ0v) is 18.6. The minimum atomic E-state index is -4.41. The van der Waals surface area contributed by atoms with Crippen LogP contribution in [-0.2, 0) is 16.4 Å². The molecule has 0 saturated carbocycles. The number of piperidine rings is 1. The molecular formula is C25H29F3N2O2. The average Bonchev–Trinajstić information content (AvgIpc) is 2.77. The molecule has 4 nitrogen and oxygen atoms in total. The average molecular weight is 447 g/mol. The SMILES string of the molecule is Cc1ccc(C(=O)N2CCCC(C(=O)NCC(C)(C)c3cccc(C(F)(F)F)c3)C2)cc1. The van der Waals surface area contributed by atoms with E-state index in [1.165, 1.54) is 6.07 Å². The summed E-state index contributed by atoms with van der Waals surface area (Å²) >= 11 is 0. The molecule has 1 unspecified atom stereocenters. The van der Waals surface area contributed by atoms with E-state index in [0.29, 0.717) is 30.6 Å². The van der Waals surface area contributed by atoms with Crippen LogP contribution in [0.25, 0.3) is 0 Å². The van der Waals surface area contributed by atoms with Crippen molar-refractivity contribution in [1.29, 1.82) is 0 Å². The molecular weight excluding hydrogens is 417 g/mol. The molecule has 7 heteroatoms. The van der Waals surface area contributed by atoms with Gasteiger partial charge in [0.2, 0.25) is 5.91 Å². The molecule has 1 atom stereocenters. The van der Waals surface area contributed by atoms with E-state index >= 15 is 0 Å². The van der Waals surface area contributed by atoms with E-state index < -0.39 is 17.2 Å². The number of aryl methyl sites for hydroxylation is 1. The van der Waals surface area contributed by atoms with Crippen LogP contribution in [-0.4, -0.2) is 36.3 Å². The van der Waals surface area contributed by atoms with Crippen molar-refractivity contribution in [2.24, 2.45) is 5.92 Å². The first-order chi connectivity index (χ1) is 15.0. The number of nitrogens with zero attached hydrogens (tertiary/aromatic N) is 1. The maximum absolute atomic E-state index is 13.1. The Morgan fingerprint density at radius 2 is 1.72 bits per heavy atom. The number of alkyl halides is 3. The Hall–Kier alpha value is -2.83. The van der Waals surface area contributed by atoms with Crippen molar-refractivity contribution in [3.8, 4) is 0 Å². The summed E-state index contributed by atoms with van der Waals surface area (Å²) in [7, 11) is 0. The number of rotatable bonds is 5. The summed E-state index contributed by atoms with van der Waals surface area (Å²) in [6.07, 6.45) is -3.01. The summed E-state index contributed by atoms with van der Waals surface area (Å²) in [6, 6.07) is 12.6. The van der Waals surface area contributed by atoms with Crippen LogP contribution in [0.3, 0.4) is 0 Å². The van der Waals surface area contributed by atoms with Crippen molar-refractivity contribution in [2.45, 2.75) is 45.2 Å². The van der Waals surface area contributed by atoms with E-state index in [2.05, 4.69) is 5.32 Å². The summed E-state index contributed by atoms with van der Waals surface area (Å²) in [5, 5.41) is 2.90. The number of hydrogen-bond donors (Lipinski definition) is 1. The van der Waals surface area contributed by atoms with E-state index in [1.54, 1.807) is 36.9 Å². The van der Waals surface area contributed by atoms with Gasteiger partial charge in [-0.3, -0.25) is 9.59 Å². The molecule has 32 heavy (non-hydrogen) atoms. The third kappa shape index (κ3) is 5.69. The van der Waals surface area contributed by atoms with Gasteiger partial charge in [-0.05, 0) is 43.5 Å². The predicted molar refractivity (Wildman–Crippen MR) is 117 cm³/mol. The van der Waals surface area contributed by atoms with Crippen molar-refractivity contribution >= 4 is 11.8 Å². The zero-order valence-electron chi connectivity index (χ0n) is 18.6. The predicted octanol–water partition coefficient (Wildman–Crippen LogP) is 4.96. The quantitative estimate of drug-likeness (QED) is 0.706. The van der Waals surface area contributed by atoms with Gasteiger partial charge in [0, 0.05) is 30.6 Å². The van der Waals surface area contributed by atoms with Crippen molar-refractivity contribution in [3.63, 3.8) is 0 Å². The molecule has 0 aromatic heterocycles. The van der Waals surface area contributed by atoms with Gasteiger partial charge in [0.1, 0.15) is 0 Å². The lowest BCUT2D eigenvalue weighted by Crippen LogP contribution is -2.47. The Morgan fingerprint density at radius 1 is 1.06 bits per heavy atom. The van der Waals surface area contributed by atoms with Gasteiger partial charge in [-0.15, -0.1) is 0 Å². The highest BCUT2D eigenvalue weighted by molar-refractivity contribution is 5.94. The molecule has 0 aliphatic carbocycles. The molecule has 0 spiro atoms. The van der Waals surface area contributed by atoms with Gasteiger partial charge in [-0.2, -0.15) is 13.2 Å². The van der Waals surface area contributed by atoms with Crippen LogP contribution in [0.4, 0.5) is 13.2 Å². The molecule has 1 heterocycles. The van der Waals surface area contributed by atoms with Crippen molar-refractivity contribution in [3.05, 3.63) is 70.8 Å². The van der Waals surface area contributed by atoms with Gasteiger partial charge >= 0.3 is 6.18 Å². The van der Waals surface area contributed by atoms with Crippen LogP contribution < -0.4 is 5.32 Å². The zero-order chi connectivity index (χ0) is 23.5. The third-order valence-corrected chi connectivity index (χ3v) is 6.05.